The normalized spacial score (nSPS) is 16.3. The number of carbonyl (C=O) groups is 2. The van der Waals surface area contributed by atoms with Crippen molar-refractivity contribution in [3.63, 3.8) is 0 Å². The summed E-state index contributed by atoms with van der Waals surface area (Å²) in [6.07, 6.45) is 1.65. The zero-order chi connectivity index (χ0) is 17.1. The van der Waals surface area contributed by atoms with E-state index in [1.54, 1.807) is 18.2 Å². The van der Waals surface area contributed by atoms with Crippen molar-refractivity contribution in [2.45, 2.75) is 6.92 Å². The van der Waals surface area contributed by atoms with E-state index in [-0.39, 0.29) is 4.32 Å². The lowest BCUT2D eigenvalue weighted by Crippen LogP contribution is -2.40. The van der Waals surface area contributed by atoms with Gasteiger partial charge in [-0.1, -0.05) is 24.0 Å². The van der Waals surface area contributed by atoms with Crippen LogP contribution in [0.4, 0.5) is 0 Å². The Hall–Kier alpha value is -0.900. The second-order valence-electron chi connectivity index (χ2n) is 4.39. The van der Waals surface area contributed by atoms with E-state index >= 15 is 0 Å². The second-order valence-corrected chi connectivity index (χ2v) is 7.77. The minimum atomic E-state index is -1.35. The van der Waals surface area contributed by atoms with Crippen molar-refractivity contribution < 1.29 is 19.4 Å². The van der Waals surface area contributed by atoms with Gasteiger partial charge in [-0.25, -0.2) is 0 Å². The molecule has 1 aromatic rings. The number of thioether (sulfide) groups is 1. The van der Waals surface area contributed by atoms with E-state index in [0.717, 1.165) is 31.2 Å². The van der Waals surface area contributed by atoms with Crippen LogP contribution in [0.25, 0.3) is 6.08 Å². The molecule has 0 spiro atoms. The molecule has 0 unspecified atom stereocenters. The molecule has 1 amide bonds. The average Bonchev–Trinajstić information content (AvgIpc) is 2.70. The predicted molar refractivity (Wildman–Crippen MR) is 97.9 cm³/mol. The summed E-state index contributed by atoms with van der Waals surface area (Å²) in [6.45, 7) is 1.87. The van der Waals surface area contributed by atoms with Crippen LogP contribution in [0.15, 0.2) is 26.0 Å². The number of ether oxygens (including phenoxy) is 1. The largest absolute Gasteiger partial charge is 0.548 e. The van der Waals surface area contributed by atoms with Crippen molar-refractivity contribution in [2.24, 2.45) is 0 Å². The highest BCUT2D eigenvalue weighted by molar-refractivity contribution is 9.11. The fourth-order valence-electron chi connectivity index (χ4n) is 1.86. The molecular formula is C14H10Br2NO4S2-. The Morgan fingerprint density at radius 3 is 2.57 bits per heavy atom. The van der Waals surface area contributed by atoms with Gasteiger partial charge >= 0.3 is 0 Å². The second kappa shape index (κ2) is 7.78. The van der Waals surface area contributed by atoms with Crippen molar-refractivity contribution in [3.05, 3.63) is 31.5 Å². The van der Waals surface area contributed by atoms with Gasteiger partial charge in [-0.2, -0.15) is 0 Å². The first-order chi connectivity index (χ1) is 10.8. The van der Waals surface area contributed by atoms with Crippen LogP contribution < -0.4 is 9.84 Å². The van der Waals surface area contributed by atoms with E-state index < -0.39 is 18.4 Å². The van der Waals surface area contributed by atoms with Gasteiger partial charge in [-0.3, -0.25) is 9.69 Å². The Labute approximate surface area is 159 Å². The Balaban J connectivity index is 2.31. The summed E-state index contributed by atoms with van der Waals surface area (Å²) in [4.78, 5) is 24.3. The van der Waals surface area contributed by atoms with Gasteiger partial charge in [-0.05, 0) is 62.6 Å². The van der Waals surface area contributed by atoms with E-state index in [1.807, 2.05) is 6.92 Å². The van der Waals surface area contributed by atoms with Gasteiger partial charge in [-0.15, -0.1) is 0 Å². The molecule has 1 saturated heterocycles. The summed E-state index contributed by atoms with van der Waals surface area (Å²) in [6, 6.07) is 3.61. The number of rotatable bonds is 5. The molecule has 23 heavy (non-hydrogen) atoms. The molecule has 0 atom stereocenters. The molecule has 0 radical (unpaired) electrons. The van der Waals surface area contributed by atoms with Crippen molar-refractivity contribution in [1.29, 1.82) is 0 Å². The molecule has 1 aliphatic heterocycles. The topological polar surface area (TPSA) is 69.7 Å². The highest BCUT2D eigenvalue weighted by atomic mass is 79.9. The number of carboxylic acids is 1. The lowest BCUT2D eigenvalue weighted by molar-refractivity contribution is -0.305. The van der Waals surface area contributed by atoms with Gasteiger partial charge in [0.05, 0.1) is 33.0 Å². The minimum absolute atomic E-state index is 0.203. The van der Waals surface area contributed by atoms with Crippen LogP contribution >= 0.6 is 55.8 Å². The van der Waals surface area contributed by atoms with Crippen LogP contribution in [0, 0.1) is 0 Å². The molecule has 5 nitrogen and oxygen atoms in total. The molecule has 2 rings (SSSR count). The van der Waals surface area contributed by atoms with Crippen molar-refractivity contribution in [1.82, 2.24) is 4.90 Å². The Bertz CT molecular complexity index is 698. The summed E-state index contributed by atoms with van der Waals surface area (Å²) >= 11 is 12.9. The number of carboxylic acid groups (broad SMARTS) is 1. The number of hydrogen-bond donors (Lipinski definition) is 0. The maximum absolute atomic E-state index is 12.2. The maximum atomic E-state index is 12.2. The van der Waals surface area contributed by atoms with Crippen LogP contribution in [-0.4, -0.2) is 34.2 Å². The van der Waals surface area contributed by atoms with E-state index in [1.165, 1.54) is 0 Å². The first-order valence-corrected chi connectivity index (χ1v) is 9.21. The lowest BCUT2D eigenvalue weighted by Gasteiger charge is -2.14. The Morgan fingerprint density at radius 1 is 1.43 bits per heavy atom. The van der Waals surface area contributed by atoms with Crippen LogP contribution in [0.1, 0.15) is 12.5 Å². The molecule has 1 aliphatic rings. The van der Waals surface area contributed by atoms with E-state index in [4.69, 9.17) is 17.0 Å². The minimum Gasteiger partial charge on any atom is -0.548 e. The smallest absolute Gasteiger partial charge is 0.266 e. The van der Waals surface area contributed by atoms with Crippen LogP contribution in [0.5, 0.6) is 5.75 Å². The summed E-state index contributed by atoms with van der Waals surface area (Å²) in [5.41, 5.74) is 0.751. The SMILES string of the molecule is CCOc1c(Br)cc(/C=C2/SC(=S)N(CC(=O)[O-])C2=O)cc1Br. The molecular weight excluding hydrogens is 470 g/mol. The summed E-state index contributed by atoms with van der Waals surface area (Å²) in [5.74, 6) is -1.12. The molecule has 1 aromatic carbocycles. The zero-order valence-corrected chi connectivity index (χ0v) is 16.6. The van der Waals surface area contributed by atoms with Crippen LogP contribution in [0.2, 0.25) is 0 Å². The van der Waals surface area contributed by atoms with Gasteiger partial charge in [0, 0.05) is 0 Å². The molecule has 0 bridgehead atoms. The van der Waals surface area contributed by atoms with Gasteiger partial charge in [0.15, 0.2) is 0 Å². The predicted octanol–water partition coefficient (Wildman–Crippen LogP) is 2.56. The van der Waals surface area contributed by atoms with Crippen molar-refractivity contribution in [3.8, 4) is 5.75 Å². The number of halogens is 2. The van der Waals surface area contributed by atoms with Gasteiger partial charge in [0.2, 0.25) is 0 Å². The monoisotopic (exact) mass is 478 g/mol. The highest BCUT2D eigenvalue weighted by Crippen LogP contribution is 2.37. The molecule has 0 N–H and O–H groups in total. The zero-order valence-electron chi connectivity index (χ0n) is 11.8. The molecule has 9 heteroatoms. The van der Waals surface area contributed by atoms with Crippen molar-refractivity contribution in [2.75, 3.05) is 13.2 Å². The fraction of sp³-hybridized carbons (Fsp3) is 0.214. The van der Waals surface area contributed by atoms with Gasteiger partial charge in [0.1, 0.15) is 10.1 Å². The number of amides is 1. The first-order valence-electron chi connectivity index (χ1n) is 6.40. The van der Waals surface area contributed by atoms with E-state index in [9.17, 15) is 14.7 Å². The molecule has 122 valence electrons. The summed E-state index contributed by atoms with van der Waals surface area (Å²) in [5, 5.41) is 10.7. The highest BCUT2D eigenvalue weighted by Gasteiger charge is 2.31. The van der Waals surface area contributed by atoms with E-state index in [0.29, 0.717) is 17.3 Å². The van der Waals surface area contributed by atoms with Crippen LogP contribution in [0.3, 0.4) is 0 Å². The number of carbonyl (C=O) groups excluding carboxylic acids is 2. The van der Waals surface area contributed by atoms with Crippen LogP contribution in [-0.2, 0) is 9.59 Å². The summed E-state index contributed by atoms with van der Waals surface area (Å²) < 4.78 is 7.19. The Morgan fingerprint density at radius 2 is 2.04 bits per heavy atom. The van der Waals surface area contributed by atoms with Crippen molar-refractivity contribution >= 4 is 78.1 Å². The number of benzene rings is 1. The third-order valence-electron chi connectivity index (χ3n) is 2.77. The van der Waals surface area contributed by atoms with Gasteiger partial charge < -0.3 is 14.6 Å². The average molecular weight is 480 g/mol. The third-order valence-corrected chi connectivity index (χ3v) is 5.32. The maximum Gasteiger partial charge on any atom is 0.266 e. The third kappa shape index (κ3) is 4.34. The quantitative estimate of drug-likeness (QED) is 0.477. The summed E-state index contributed by atoms with van der Waals surface area (Å²) in [7, 11) is 0. The standard InChI is InChI=1S/C14H11Br2NO4S2/c1-2-21-12-8(15)3-7(4-9(12)16)5-10-13(20)17(6-11(18)19)14(22)23-10/h3-5H,2,6H2,1H3,(H,18,19)/p-1/b10-5+. The fourth-order valence-corrected chi connectivity index (χ4v) is 4.57. The number of nitrogens with zero attached hydrogens (tertiary/aromatic N) is 1. The molecule has 0 aromatic heterocycles. The van der Waals surface area contributed by atoms with Gasteiger partial charge in [0.25, 0.3) is 5.91 Å². The molecule has 1 fully saturated rings. The number of thiocarbonyl (C=S) groups is 1. The first kappa shape index (κ1) is 18.4. The lowest BCUT2D eigenvalue weighted by atomic mass is 10.2. The van der Waals surface area contributed by atoms with E-state index in [2.05, 4.69) is 31.9 Å². The number of aliphatic carboxylic acids is 1. The Kier molecular flexibility index (Phi) is 6.24. The molecule has 0 aliphatic carbocycles. The molecule has 1 heterocycles. The molecule has 0 saturated carbocycles. The number of hydrogen-bond acceptors (Lipinski definition) is 6.